The normalized spacial score (nSPS) is 10.5. The first-order valence-corrected chi connectivity index (χ1v) is 3.88. The van der Waals surface area contributed by atoms with Gasteiger partial charge in [-0.3, -0.25) is 0 Å². The van der Waals surface area contributed by atoms with Crippen molar-refractivity contribution in [1.82, 2.24) is 0 Å². The van der Waals surface area contributed by atoms with Crippen molar-refractivity contribution in [2.45, 2.75) is 27.7 Å². The van der Waals surface area contributed by atoms with Crippen LogP contribution in [0.5, 0.6) is 0 Å². The molecular formula is C10H12F2. The van der Waals surface area contributed by atoms with Gasteiger partial charge in [0.05, 0.1) is 0 Å². The van der Waals surface area contributed by atoms with Crippen molar-refractivity contribution in [3.05, 3.63) is 33.9 Å². The molecule has 1 rings (SSSR count). The molecule has 0 saturated heterocycles. The van der Waals surface area contributed by atoms with Crippen LogP contribution in [0.2, 0.25) is 0 Å². The largest absolute Gasteiger partial charge is 0.203 e. The van der Waals surface area contributed by atoms with Gasteiger partial charge >= 0.3 is 0 Å². The van der Waals surface area contributed by atoms with Gasteiger partial charge in [-0.25, -0.2) is 8.78 Å². The van der Waals surface area contributed by atoms with Crippen molar-refractivity contribution in [2.75, 3.05) is 0 Å². The number of rotatable bonds is 0. The van der Waals surface area contributed by atoms with Crippen molar-refractivity contribution in [3.8, 4) is 0 Å². The second-order valence-corrected chi connectivity index (χ2v) is 3.13. The molecule has 2 heteroatoms. The van der Waals surface area contributed by atoms with Crippen LogP contribution in [0.3, 0.4) is 0 Å². The molecule has 0 fully saturated rings. The van der Waals surface area contributed by atoms with E-state index in [0.29, 0.717) is 11.1 Å². The summed E-state index contributed by atoms with van der Waals surface area (Å²) in [6, 6.07) is 0. The topological polar surface area (TPSA) is 0 Å². The first-order chi connectivity index (χ1) is 5.46. The molecule has 0 bridgehead atoms. The molecule has 0 aliphatic carbocycles. The standard InChI is InChI=1S/C10H12F2/c1-5-6(2)8(4)10(12)9(11)7(5)3/h1-4H3. The highest BCUT2D eigenvalue weighted by Crippen LogP contribution is 2.23. The van der Waals surface area contributed by atoms with Gasteiger partial charge in [-0.1, -0.05) is 0 Å². The van der Waals surface area contributed by atoms with E-state index in [9.17, 15) is 8.78 Å². The number of benzene rings is 1. The Balaban J connectivity index is 3.60. The molecular weight excluding hydrogens is 158 g/mol. The van der Waals surface area contributed by atoms with Crippen molar-refractivity contribution in [2.24, 2.45) is 0 Å². The van der Waals surface area contributed by atoms with Crippen molar-refractivity contribution < 1.29 is 8.78 Å². The summed E-state index contributed by atoms with van der Waals surface area (Å²) >= 11 is 0. The minimum Gasteiger partial charge on any atom is -0.203 e. The molecule has 0 aromatic heterocycles. The Kier molecular flexibility index (Phi) is 2.18. The Morgan fingerprint density at radius 2 is 0.833 bits per heavy atom. The zero-order chi connectivity index (χ0) is 9.46. The maximum absolute atomic E-state index is 13.1. The van der Waals surface area contributed by atoms with Gasteiger partial charge in [-0.05, 0) is 49.9 Å². The lowest BCUT2D eigenvalue weighted by molar-refractivity contribution is 0.495. The molecule has 1 aromatic carbocycles. The highest BCUT2D eigenvalue weighted by molar-refractivity contribution is 5.40. The molecule has 0 N–H and O–H groups in total. The van der Waals surface area contributed by atoms with Crippen LogP contribution < -0.4 is 0 Å². The maximum atomic E-state index is 13.1. The molecule has 0 spiro atoms. The first kappa shape index (κ1) is 9.17. The summed E-state index contributed by atoms with van der Waals surface area (Å²) in [5.74, 6) is -1.42. The molecule has 0 aliphatic rings. The van der Waals surface area contributed by atoms with Gasteiger partial charge in [-0.15, -0.1) is 0 Å². The predicted molar refractivity (Wildman–Crippen MR) is 45.3 cm³/mol. The molecule has 0 aliphatic heterocycles. The second kappa shape index (κ2) is 2.85. The zero-order valence-corrected chi connectivity index (χ0v) is 7.76. The van der Waals surface area contributed by atoms with Crippen molar-refractivity contribution in [1.29, 1.82) is 0 Å². The van der Waals surface area contributed by atoms with Crippen LogP contribution in [0.1, 0.15) is 22.3 Å². The van der Waals surface area contributed by atoms with Crippen LogP contribution >= 0.6 is 0 Å². The Bertz CT molecular complexity index is 222. The van der Waals surface area contributed by atoms with E-state index in [4.69, 9.17) is 0 Å². The maximum Gasteiger partial charge on any atom is 0.162 e. The van der Waals surface area contributed by atoms with Gasteiger partial charge < -0.3 is 0 Å². The first-order valence-electron chi connectivity index (χ1n) is 3.88. The zero-order valence-electron chi connectivity index (χ0n) is 7.76. The summed E-state index contributed by atoms with van der Waals surface area (Å²) in [4.78, 5) is 0. The third kappa shape index (κ3) is 1.11. The van der Waals surface area contributed by atoms with Gasteiger partial charge in [0, 0.05) is 0 Å². The second-order valence-electron chi connectivity index (χ2n) is 3.13. The lowest BCUT2D eigenvalue weighted by atomic mass is 9.98. The molecule has 12 heavy (non-hydrogen) atoms. The van der Waals surface area contributed by atoms with E-state index >= 15 is 0 Å². The van der Waals surface area contributed by atoms with Crippen LogP contribution in [0.25, 0.3) is 0 Å². The molecule has 0 heterocycles. The van der Waals surface area contributed by atoms with E-state index in [2.05, 4.69) is 0 Å². The average Bonchev–Trinajstić information content (AvgIpc) is 2.08. The lowest BCUT2D eigenvalue weighted by Gasteiger charge is -2.10. The highest BCUT2D eigenvalue weighted by atomic mass is 19.2. The van der Waals surface area contributed by atoms with Crippen LogP contribution in [0, 0.1) is 39.3 Å². The third-order valence-electron chi connectivity index (χ3n) is 2.54. The highest BCUT2D eigenvalue weighted by Gasteiger charge is 2.13. The molecule has 0 radical (unpaired) electrons. The summed E-state index contributed by atoms with van der Waals surface area (Å²) in [7, 11) is 0. The van der Waals surface area contributed by atoms with E-state index in [-0.39, 0.29) is 0 Å². The molecule has 0 saturated carbocycles. The Morgan fingerprint density at radius 1 is 0.583 bits per heavy atom. The molecule has 1 aromatic rings. The molecule has 0 amide bonds. The fourth-order valence-electron chi connectivity index (χ4n) is 1.22. The van der Waals surface area contributed by atoms with E-state index in [0.717, 1.165) is 11.1 Å². The monoisotopic (exact) mass is 170 g/mol. The summed E-state index contributed by atoms with van der Waals surface area (Å²) in [6.45, 7) is 6.81. The number of hydrogen-bond donors (Lipinski definition) is 0. The molecule has 66 valence electrons. The summed E-state index contributed by atoms with van der Waals surface area (Å²) < 4.78 is 26.1. The third-order valence-corrected chi connectivity index (χ3v) is 2.54. The molecule has 0 atom stereocenters. The number of hydrogen-bond acceptors (Lipinski definition) is 0. The number of halogens is 2. The average molecular weight is 170 g/mol. The minimum absolute atomic E-state index is 0.413. The Hall–Kier alpha value is -0.920. The van der Waals surface area contributed by atoms with Crippen LogP contribution in [-0.2, 0) is 0 Å². The summed E-state index contributed by atoms with van der Waals surface area (Å²) in [5, 5.41) is 0. The Morgan fingerprint density at radius 3 is 1.08 bits per heavy atom. The molecule has 0 nitrogen and oxygen atoms in total. The fraction of sp³-hybridized carbons (Fsp3) is 0.400. The van der Waals surface area contributed by atoms with E-state index in [1.807, 2.05) is 0 Å². The van der Waals surface area contributed by atoms with Crippen molar-refractivity contribution >= 4 is 0 Å². The summed E-state index contributed by atoms with van der Waals surface area (Å²) in [5.41, 5.74) is 2.50. The minimum atomic E-state index is -0.712. The van der Waals surface area contributed by atoms with Crippen molar-refractivity contribution in [3.63, 3.8) is 0 Å². The van der Waals surface area contributed by atoms with E-state index in [1.165, 1.54) is 0 Å². The lowest BCUT2D eigenvalue weighted by Crippen LogP contribution is -2.00. The summed E-state index contributed by atoms with van der Waals surface area (Å²) in [6.07, 6.45) is 0. The van der Waals surface area contributed by atoms with Crippen LogP contribution in [0.4, 0.5) is 8.78 Å². The SMILES string of the molecule is Cc1c(C)c(C)c(F)c(F)c1C. The van der Waals surface area contributed by atoms with Crippen LogP contribution in [-0.4, -0.2) is 0 Å². The van der Waals surface area contributed by atoms with Gasteiger partial charge in [0.25, 0.3) is 0 Å². The fourth-order valence-corrected chi connectivity index (χ4v) is 1.22. The van der Waals surface area contributed by atoms with Gasteiger partial charge in [0.1, 0.15) is 0 Å². The predicted octanol–water partition coefficient (Wildman–Crippen LogP) is 3.20. The van der Waals surface area contributed by atoms with Crippen LogP contribution in [0.15, 0.2) is 0 Å². The Labute approximate surface area is 71.2 Å². The van der Waals surface area contributed by atoms with Gasteiger partial charge in [-0.2, -0.15) is 0 Å². The van der Waals surface area contributed by atoms with Gasteiger partial charge in [0.2, 0.25) is 0 Å². The smallest absolute Gasteiger partial charge is 0.162 e. The quantitative estimate of drug-likeness (QED) is 0.561. The van der Waals surface area contributed by atoms with E-state index < -0.39 is 11.6 Å². The van der Waals surface area contributed by atoms with Gasteiger partial charge in [0.15, 0.2) is 11.6 Å². The molecule has 0 unspecified atom stereocenters. The van der Waals surface area contributed by atoms with E-state index in [1.54, 1.807) is 27.7 Å².